The Bertz CT molecular complexity index is 860. The average Bonchev–Trinajstić information content (AvgIpc) is 2.97. The van der Waals surface area contributed by atoms with E-state index >= 15 is 0 Å². The molecule has 0 radical (unpaired) electrons. The maximum absolute atomic E-state index is 12.5. The van der Waals surface area contributed by atoms with E-state index in [4.69, 9.17) is 0 Å². The second-order valence-corrected chi connectivity index (χ2v) is 5.53. The average molecular weight is 289 g/mol. The highest BCUT2D eigenvalue weighted by Crippen LogP contribution is 2.30. The van der Waals surface area contributed by atoms with Gasteiger partial charge in [-0.05, 0) is 42.2 Å². The minimum Gasteiger partial charge on any atom is -0.344 e. The van der Waals surface area contributed by atoms with Crippen LogP contribution in [0.4, 0.5) is 0 Å². The van der Waals surface area contributed by atoms with Crippen LogP contribution in [0.15, 0.2) is 54.9 Å². The zero-order chi connectivity index (χ0) is 14.9. The number of pyridine rings is 2. The van der Waals surface area contributed by atoms with E-state index in [1.54, 1.807) is 18.5 Å². The van der Waals surface area contributed by atoms with Crippen molar-refractivity contribution in [2.75, 3.05) is 0 Å². The van der Waals surface area contributed by atoms with Crippen LogP contribution in [-0.4, -0.2) is 15.9 Å². The summed E-state index contributed by atoms with van der Waals surface area (Å²) in [6, 6.07) is 13.8. The predicted octanol–water partition coefficient (Wildman–Crippen LogP) is 3.05. The number of nitrogens with zero attached hydrogens (tertiary/aromatic N) is 2. The van der Waals surface area contributed by atoms with Gasteiger partial charge < -0.3 is 5.32 Å². The quantitative estimate of drug-likeness (QED) is 0.789. The van der Waals surface area contributed by atoms with Crippen LogP contribution in [-0.2, 0) is 6.42 Å². The molecule has 0 fully saturated rings. The van der Waals surface area contributed by atoms with Gasteiger partial charge in [-0.25, -0.2) is 4.98 Å². The molecule has 0 saturated heterocycles. The second kappa shape index (κ2) is 5.22. The Hall–Kier alpha value is -2.75. The van der Waals surface area contributed by atoms with Gasteiger partial charge in [0.05, 0.1) is 11.6 Å². The van der Waals surface area contributed by atoms with Gasteiger partial charge in [-0.2, -0.15) is 0 Å². The first kappa shape index (κ1) is 13.0. The molecule has 4 heteroatoms. The van der Waals surface area contributed by atoms with Crippen LogP contribution >= 0.6 is 0 Å². The number of rotatable bonds is 2. The van der Waals surface area contributed by atoms with E-state index in [0.29, 0.717) is 5.69 Å². The van der Waals surface area contributed by atoms with Gasteiger partial charge in [-0.1, -0.05) is 24.3 Å². The summed E-state index contributed by atoms with van der Waals surface area (Å²) in [5.74, 6) is -0.125. The summed E-state index contributed by atoms with van der Waals surface area (Å²) in [6.45, 7) is 0. The standard InChI is InChI=1S/C18H15N3O/c22-18(17-8-6-13-11-19-10-9-15(13)20-17)21-16-7-5-12-3-1-2-4-14(12)16/h1-4,6,8-11,16H,5,7H2,(H,21,22). The first-order valence-electron chi connectivity index (χ1n) is 7.41. The maximum Gasteiger partial charge on any atom is 0.270 e. The molecule has 4 rings (SSSR count). The molecule has 0 spiro atoms. The van der Waals surface area contributed by atoms with Crippen LogP contribution in [0.1, 0.15) is 34.1 Å². The van der Waals surface area contributed by atoms with Gasteiger partial charge in [-0.3, -0.25) is 9.78 Å². The molecular formula is C18H15N3O. The van der Waals surface area contributed by atoms with Crippen molar-refractivity contribution in [3.8, 4) is 0 Å². The Morgan fingerprint density at radius 1 is 1.14 bits per heavy atom. The minimum absolute atomic E-state index is 0.0821. The van der Waals surface area contributed by atoms with E-state index < -0.39 is 0 Å². The Kier molecular flexibility index (Phi) is 3.07. The van der Waals surface area contributed by atoms with E-state index in [9.17, 15) is 4.79 Å². The van der Waals surface area contributed by atoms with E-state index in [1.165, 1.54) is 11.1 Å². The topological polar surface area (TPSA) is 54.9 Å². The highest BCUT2D eigenvalue weighted by molar-refractivity contribution is 5.95. The van der Waals surface area contributed by atoms with Crippen molar-refractivity contribution in [1.29, 1.82) is 0 Å². The lowest BCUT2D eigenvalue weighted by molar-refractivity contribution is 0.0932. The number of nitrogens with one attached hydrogen (secondary N) is 1. The number of carbonyl (C=O) groups is 1. The number of aromatic nitrogens is 2. The Balaban J connectivity index is 1.59. The molecule has 0 saturated carbocycles. The van der Waals surface area contributed by atoms with Crippen molar-refractivity contribution in [1.82, 2.24) is 15.3 Å². The van der Waals surface area contributed by atoms with E-state index in [2.05, 4.69) is 27.4 Å². The van der Waals surface area contributed by atoms with Crippen LogP contribution in [0.5, 0.6) is 0 Å². The summed E-state index contributed by atoms with van der Waals surface area (Å²) >= 11 is 0. The Morgan fingerprint density at radius 3 is 3.00 bits per heavy atom. The van der Waals surface area contributed by atoms with Crippen molar-refractivity contribution in [2.45, 2.75) is 18.9 Å². The van der Waals surface area contributed by atoms with Crippen molar-refractivity contribution in [3.63, 3.8) is 0 Å². The molecule has 2 aromatic heterocycles. The summed E-state index contributed by atoms with van der Waals surface area (Å²) < 4.78 is 0. The zero-order valence-electron chi connectivity index (χ0n) is 12.0. The van der Waals surface area contributed by atoms with Gasteiger partial charge in [-0.15, -0.1) is 0 Å². The largest absolute Gasteiger partial charge is 0.344 e. The smallest absolute Gasteiger partial charge is 0.270 e. The van der Waals surface area contributed by atoms with E-state index in [1.807, 2.05) is 24.3 Å². The maximum atomic E-state index is 12.5. The zero-order valence-corrected chi connectivity index (χ0v) is 12.0. The third kappa shape index (κ3) is 2.22. The lowest BCUT2D eigenvalue weighted by Gasteiger charge is -2.14. The highest BCUT2D eigenvalue weighted by atomic mass is 16.1. The molecular weight excluding hydrogens is 274 g/mol. The molecule has 1 unspecified atom stereocenters. The van der Waals surface area contributed by atoms with Gasteiger partial charge in [0, 0.05) is 17.8 Å². The molecule has 1 aliphatic rings. The number of fused-ring (bicyclic) bond motifs is 2. The molecule has 108 valence electrons. The van der Waals surface area contributed by atoms with Crippen LogP contribution in [0.25, 0.3) is 10.9 Å². The third-order valence-corrected chi connectivity index (χ3v) is 4.16. The normalized spacial score (nSPS) is 16.5. The van der Waals surface area contributed by atoms with Crippen molar-refractivity contribution >= 4 is 16.8 Å². The van der Waals surface area contributed by atoms with Crippen LogP contribution in [0.2, 0.25) is 0 Å². The molecule has 4 nitrogen and oxygen atoms in total. The number of hydrogen-bond acceptors (Lipinski definition) is 3. The molecule has 0 aliphatic heterocycles. The van der Waals surface area contributed by atoms with Gasteiger partial charge in [0.15, 0.2) is 0 Å². The SMILES string of the molecule is O=C(NC1CCc2ccccc21)c1ccc2cnccc2n1. The van der Waals surface area contributed by atoms with Gasteiger partial charge >= 0.3 is 0 Å². The third-order valence-electron chi connectivity index (χ3n) is 4.16. The van der Waals surface area contributed by atoms with Crippen molar-refractivity contribution in [2.24, 2.45) is 0 Å². The highest BCUT2D eigenvalue weighted by Gasteiger charge is 2.24. The van der Waals surface area contributed by atoms with Gasteiger partial charge in [0.2, 0.25) is 0 Å². The van der Waals surface area contributed by atoms with E-state index in [0.717, 1.165) is 23.7 Å². The Morgan fingerprint density at radius 2 is 2.05 bits per heavy atom. The van der Waals surface area contributed by atoms with Crippen molar-refractivity contribution < 1.29 is 4.79 Å². The molecule has 1 atom stereocenters. The molecule has 1 aromatic carbocycles. The lowest BCUT2D eigenvalue weighted by Crippen LogP contribution is -2.27. The molecule has 0 bridgehead atoms. The molecule has 1 aliphatic carbocycles. The van der Waals surface area contributed by atoms with Gasteiger partial charge in [0.1, 0.15) is 5.69 Å². The first-order valence-corrected chi connectivity index (χ1v) is 7.41. The summed E-state index contributed by atoms with van der Waals surface area (Å²) in [7, 11) is 0. The first-order chi connectivity index (χ1) is 10.8. The summed E-state index contributed by atoms with van der Waals surface area (Å²) in [5.41, 5.74) is 3.78. The molecule has 3 aromatic rings. The molecule has 2 heterocycles. The minimum atomic E-state index is -0.125. The molecule has 1 N–H and O–H groups in total. The molecule has 1 amide bonds. The number of carbonyl (C=O) groups excluding carboxylic acids is 1. The van der Waals surface area contributed by atoms with Crippen LogP contribution in [0.3, 0.4) is 0 Å². The van der Waals surface area contributed by atoms with Gasteiger partial charge in [0.25, 0.3) is 5.91 Å². The fourth-order valence-electron chi connectivity index (χ4n) is 3.03. The predicted molar refractivity (Wildman–Crippen MR) is 84.5 cm³/mol. The van der Waals surface area contributed by atoms with E-state index in [-0.39, 0.29) is 11.9 Å². The fourth-order valence-corrected chi connectivity index (χ4v) is 3.03. The molecule has 22 heavy (non-hydrogen) atoms. The van der Waals surface area contributed by atoms with Crippen LogP contribution in [0, 0.1) is 0 Å². The lowest BCUT2D eigenvalue weighted by atomic mass is 10.1. The Labute approximate surface area is 128 Å². The van der Waals surface area contributed by atoms with Crippen molar-refractivity contribution in [3.05, 3.63) is 71.7 Å². The summed E-state index contributed by atoms with van der Waals surface area (Å²) in [5, 5.41) is 4.03. The fraction of sp³-hybridized carbons (Fsp3) is 0.167. The number of amides is 1. The van der Waals surface area contributed by atoms with Crippen LogP contribution < -0.4 is 5.32 Å². The summed E-state index contributed by atoms with van der Waals surface area (Å²) in [4.78, 5) is 20.9. The number of hydrogen-bond donors (Lipinski definition) is 1. The monoisotopic (exact) mass is 289 g/mol. The number of aryl methyl sites for hydroxylation is 1. The number of benzene rings is 1. The second-order valence-electron chi connectivity index (χ2n) is 5.53. The summed E-state index contributed by atoms with van der Waals surface area (Å²) in [6.07, 6.45) is 5.39.